The fourth-order valence-electron chi connectivity index (χ4n) is 5.50. The van der Waals surface area contributed by atoms with Crippen molar-refractivity contribution in [2.45, 2.75) is 50.6 Å². The Labute approximate surface area is 222 Å². The molecule has 2 aliphatic heterocycles. The van der Waals surface area contributed by atoms with Gasteiger partial charge < -0.3 is 30.1 Å². The Morgan fingerprint density at radius 2 is 1.95 bits per heavy atom. The van der Waals surface area contributed by atoms with Crippen LogP contribution < -0.4 is 25.2 Å². The minimum absolute atomic E-state index is 0.0534. The predicted molar refractivity (Wildman–Crippen MR) is 144 cm³/mol. The van der Waals surface area contributed by atoms with E-state index >= 15 is 0 Å². The fraction of sp³-hybridized carbons (Fsp3) is 0.538. The molecule has 0 unspecified atom stereocenters. The molecule has 0 radical (unpaired) electrons. The number of methoxy groups -OCH3 is 1. The molecule has 1 saturated heterocycles. The van der Waals surface area contributed by atoms with Crippen LogP contribution in [0, 0.1) is 0 Å². The lowest BCUT2D eigenvalue weighted by molar-refractivity contribution is -0.118. The van der Waals surface area contributed by atoms with Crippen LogP contribution in [-0.4, -0.2) is 79.6 Å². The molecule has 1 atom stereocenters. The van der Waals surface area contributed by atoms with Gasteiger partial charge in [-0.2, -0.15) is 4.98 Å². The minimum Gasteiger partial charge on any atom is -0.495 e. The number of rotatable bonds is 6. The number of nitrogens with zero attached hydrogens (tertiary/aromatic N) is 5. The number of amides is 2. The lowest BCUT2D eigenvalue weighted by Gasteiger charge is -2.30. The summed E-state index contributed by atoms with van der Waals surface area (Å²) in [4.78, 5) is 40.9. The van der Waals surface area contributed by atoms with Crippen LogP contribution in [0.2, 0.25) is 5.02 Å². The third-order valence-corrected chi connectivity index (χ3v) is 7.91. The summed E-state index contributed by atoms with van der Waals surface area (Å²) in [7, 11) is 5.35. The average molecular weight is 528 g/mol. The van der Waals surface area contributed by atoms with Gasteiger partial charge in [-0.25, -0.2) is 4.98 Å². The predicted octanol–water partition coefficient (Wildman–Crippen LogP) is 3.43. The van der Waals surface area contributed by atoms with E-state index in [1.807, 2.05) is 7.05 Å². The SMILES string of the molecule is COc1cc(C(=O)N[C@@H]2CCN(C)C2)c(Cl)cc1Nc1ncc2c(n1)N(C1CCCC1)CCC(=O)N2C. The van der Waals surface area contributed by atoms with Crippen molar-refractivity contribution in [3.8, 4) is 5.75 Å². The van der Waals surface area contributed by atoms with Crippen molar-refractivity contribution in [1.82, 2.24) is 20.2 Å². The number of benzene rings is 1. The van der Waals surface area contributed by atoms with E-state index in [0.29, 0.717) is 52.7 Å². The van der Waals surface area contributed by atoms with Gasteiger partial charge in [0.2, 0.25) is 11.9 Å². The molecule has 37 heavy (non-hydrogen) atoms. The smallest absolute Gasteiger partial charge is 0.253 e. The number of aromatic nitrogens is 2. The normalized spacial score (nSPS) is 20.6. The molecular formula is C26H34ClN7O3. The summed E-state index contributed by atoms with van der Waals surface area (Å²) in [6, 6.07) is 3.76. The van der Waals surface area contributed by atoms with Crippen molar-refractivity contribution < 1.29 is 14.3 Å². The summed E-state index contributed by atoms with van der Waals surface area (Å²) in [5, 5.41) is 6.59. The highest BCUT2D eigenvalue weighted by molar-refractivity contribution is 6.34. The maximum absolute atomic E-state index is 12.9. The van der Waals surface area contributed by atoms with E-state index < -0.39 is 0 Å². The molecule has 0 bridgehead atoms. The number of nitrogens with one attached hydrogen (secondary N) is 2. The number of likely N-dealkylation sites (tertiary alicyclic amines) is 1. The average Bonchev–Trinajstić information content (AvgIpc) is 3.53. The molecule has 5 rings (SSSR count). The molecule has 10 nitrogen and oxygen atoms in total. The van der Waals surface area contributed by atoms with Crippen LogP contribution in [0.3, 0.4) is 0 Å². The number of fused-ring (bicyclic) bond motifs is 1. The number of carbonyl (C=O) groups excluding carboxylic acids is 2. The van der Waals surface area contributed by atoms with Crippen molar-refractivity contribution in [1.29, 1.82) is 0 Å². The molecule has 198 valence electrons. The molecule has 11 heteroatoms. The highest BCUT2D eigenvalue weighted by atomic mass is 35.5. The van der Waals surface area contributed by atoms with E-state index in [9.17, 15) is 9.59 Å². The van der Waals surface area contributed by atoms with Gasteiger partial charge in [0.15, 0.2) is 5.82 Å². The summed E-state index contributed by atoms with van der Waals surface area (Å²) in [6.07, 6.45) is 7.58. The molecular weight excluding hydrogens is 494 g/mol. The summed E-state index contributed by atoms with van der Waals surface area (Å²) in [5.41, 5.74) is 1.61. The highest BCUT2D eigenvalue weighted by Crippen LogP contribution is 2.38. The zero-order valence-corrected chi connectivity index (χ0v) is 22.3. The largest absolute Gasteiger partial charge is 0.495 e. The number of ether oxygens (including phenoxy) is 1. The van der Waals surface area contributed by atoms with Gasteiger partial charge >= 0.3 is 0 Å². The number of hydrogen-bond acceptors (Lipinski definition) is 8. The second kappa shape index (κ2) is 10.7. The van der Waals surface area contributed by atoms with Crippen LogP contribution in [-0.2, 0) is 4.79 Å². The molecule has 2 amide bonds. The molecule has 1 aromatic carbocycles. The van der Waals surface area contributed by atoms with E-state index in [2.05, 4.69) is 25.4 Å². The molecule has 1 aliphatic carbocycles. The molecule has 3 aliphatic rings. The van der Waals surface area contributed by atoms with Gasteiger partial charge in [-0.15, -0.1) is 0 Å². The summed E-state index contributed by atoms with van der Waals surface area (Å²) in [5.74, 6) is 1.40. The molecule has 2 aromatic rings. The quantitative estimate of drug-likeness (QED) is 0.589. The standard InChI is InChI=1S/C26H34ClN7O3/c1-32-10-8-16(15-32)29-25(36)18-12-22(37-3)20(13-19(18)27)30-26-28-14-21-24(31-26)34(17-6-4-5-7-17)11-9-23(35)33(21)2/h12-14,16-17H,4-11,15H2,1-3H3,(H,29,36)(H,28,30,31)/t16-/m1/s1. The van der Waals surface area contributed by atoms with Gasteiger partial charge in [-0.1, -0.05) is 24.4 Å². The summed E-state index contributed by atoms with van der Waals surface area (Å²) in [6.45, 7) is 2.40. The van der Waals surface area contributed by atoms with Crippen molar-refractivity contribution in [2.24, 2.45) is 0 Å². The second-order valence-electron chi connectivity index (χ2n) is 10.1. The third kappa shape index (κ3) is 5.31. The van der Waals surface area contributed by atoms with Crippen LogP contribution >= 0.6 is 11.6 Å². The van der Waals surface area contributed by atoms with Crippen LogP contribution in [0.5, 0.6) is 5.75 Å². The number of likely N-dealkylation sites (N-methyl/N-ethyl adjacent to an activating group) is 1. The number of halogens is 1. The third-order valence-electron chi connectivity index (χ3n) is 7.60. The van der Waals surface area contributed by atoms with Gasteiger partial charge in [-0.05, 0) is 45.0 Å². The maximum Gasteiger partial charge on any atom is 0.253 e. The molecule has 2 N–H and O–H groups in total. The molecule has 2 fully saturated rings. The summed E-state index contributed by atoms with van der Waals surface area (Å²) >= 11 is 6.55. The Kier molecular flexibility index (Phi) is 7.39. The Hall–Kier alpha value is -3.11. The van der Waals surface area contributed by atoms with E-state index in [4.69, 9.17) is 21.3 Å². The minimum atomic E-state index is -0.226. The van der Waals surface area contributed by atoms with E-state index in [0.717, 1.165) is 38.2 Å². The Morgan fingerprint density at radius 3 is 2.65 bits per heavy atom. The van der Waals surface area contributed by atoms with Crippen LogP contribution in [0.25, 0.3) is 0 Å². The molecule has 0 spiro atoms. The summed E-state index contributed by atoms with van der Waals surface area (Å²) < 4.78 is 5.59. The molecule has 3 heterocycles. The van der Waals surface area contributed by atoms with Crippen molar-refractivity contribution in [3.63, 3.8) is 0 Å². The Morgan fingerprint density at radius 1 is 1.16 bits per heavy atom. The van der Waals surface area contributed by atoms with Crippen LogP contribution in [0.4, 0.5) is 23.1 Å². The van der Waals surface area contributed by atoms with Gasteiger partial charge in [0.25, 0.3) is 5.91 Å². The van der Waals surface area contributed by atoms with Gasteiger partial charge in [0.1, 0.15) is 11.4 Å². The highest BCUT2D eigenvalue weighted by Gasteiger charge is 2.32. The number of anilines is 4. The van der Waals surface area contributed by atoms with Crippen LogP contribution in [0.1, 0.15) is 48.9 Å². The number of carbonyl (C=O) groups is 2. The first-order valence-electron chi connectivity index (χ1n) is 12.9. The van der Waals surface area contributed by atoms with Gasteiger partial charge in [0, 0.05) is 38.6 Å². The first-order valence-corrected chi connectivity index (χ1v) is 13.3. The monoisotopic (exact) mass is 527 g/mol. The first-order chi connectivity index (χ1) is 17.8. The van der Waals surface area contributed by atoms with E-state index in [1.165, 1.54) is 12.8 Å². The van der Waals surface area contributed by atoms with Crippen molar-refractivity contribution in [3.05, 3.63) is 28.9 Å². The van der Waals surface area contributed by atoms with E-state index in [-0.39, 0.29) is 17.9 Å². The zero-order chi connectivity index (χ0) is 26.1. The Balaban J connectivity index is 1.41. The van der Waals surface area contributed by atoms with Crippen molar-refractivity contribution >= 4 is 46.6 Å². The van der Waals surface area contributed by atoms with Gasteiger partial charge in [-0.3, -0.25) is 9.59 Å². The molecule has 1 saturated carbocycles. The zero-order valence-electron chi connectivity index (χ0n) is 21.6. The van der Waals surface area contributed by atoms with Crippen LogP contribution in [0.15, 0.2) is 18.3 Å². The Bertz CT molecular complexity index is 1190. The van der Waals surface area contributed by atoms with Crippen molar-refractivity contribution in [2.75, 3.05) is 56.0 Å². The lowest BCUT2D eigenvalue weighted by atomic mass is 10.1. The second-order valence-corrected chi connectivity index (χ2v) is 10.5. The van der Waals surface area contributed by atoms with E-state index in [1.54, 1.807) is 37.4 Å². The molecule has 1 aromatic heterocycles. The number of hydrogen-bond donors (Lipinski definition) is 2. The maximum atomic E-state index is 12.9. The lowest BCUT2D eigenvalue weighted by Crippen LogP contribution is -2.36. The topological polar surface area (TPSA) is 103 Å². The van der Waals surface area contributed by atoms with Gasteiger partial charge in [0.05, 0.1) is 29.6 Å². The fourth-order valence-corrected chi connectivity index (χ4v) is 5.75. The first kappa shape index (κ1) is 25.5.